The van der Waals surface area contributed by atoms with Crippen molar-refractivity contribution in [2.45, 2.75) is 53.6 Å². The second kappa shape index (κ2) is 5.01. The van der Waals surface area contributed by atoms with Crippen LogP contribution in [0.2, 0.25) is 10.0 Å². The smallest absolute Gasteiger partial charge is 0.153 e. The van der Waals surface area contributed by atoms with Gasteiger partial charge in [-0.3, -0.25) is 4.79 Å². The van der Waals surface area contributed by atoms with Gasteiger partial charge in [-0.25, -0.2) is 0 Å². The van der Waals surface area contributed by atoms with Gasteiger partial charge in [-0.15, -0.1) is 0 Å². The molecule has 0 spiro atoms. The van der Waals surface area contributed by atoms with Crippen LogP contribution in [-0.2, 0) is 9.63 Å². The largest absolute Gasteiger partial charge is 0.388 e. The Bertz CT molecular complexity index is 829. The molecular weight excluding hydrogens is 357 g/mol. The van der Waals surface area contributed by atoms with E-state index in [9.17, 15) is 4.79 Å². The number of rotatable bonds is 1. The highest BCUT2D eigenvalue weighted by molar-refractivity contribution is 6.38. The number of carbonyl (C=O) groups is 1. The van der Waals surface area contributed by atoms with Crippen LogP contribution in [0.1, 0.15) is 49.4 Å². The first-order chi connectivity index (χ1) is 11.5. The van der Waals surface area contributed by atoms with Crippen molar-refractivity contribution in [2.75, 3.05) is 0 Å². The van der Waals surface area contributed by atoms with E-state index in [0.717, 1.165) is 28.7 Å². The standard InChI is InChI=1S/C20H23Cl2NO2/c1-8-13(9(2)16(22)10(3)15(8)21)17-14-18(24)11-7-12(19(11,4)5)20(14,6)25-23-17/h11-12,14H,7H2,1-6H3/t11-,12-,14+,20-/m1/s1. The highest BCUT2D eigenvalue weighted by atomic mass is 35.5. The molecule has 1 heterocycles. The van der Waals surface area contributed by atoms with Gasteiger partial charge < -0.3 is 4.84 Å². The number of nitrogens with zero attached hydrogens (tertiary/aromatic N) is 1. The van der Waals surface area contributed by atoms with Crippen molar-refractivity contribution >= 4 is 34.7 Å². The van der Waals surface area contributed by atoms with E-state index in [4.69, 9.17) is 28.0 Å². The molecule has 4 atom stereocenters. The van der Waals surface area contributed by atoms with Gasteiger partial charge in [-0.2, -0.15) is 0 Å². The van der Waals surface area contributed by atoms with E-state index in [0.29, 0.717) is 21.7 Å². The molecule has 25 heavy (non-hydrogen) atoms. The SMILES string of the molecule is Cc1c(Cl)c(C)c(C2=NO[C@@]3(C)[C@@H]2C(=O)[C@H]2C[C@@H]3C2(C)C)c(C)c1Cl. The topological polar surface area (TPSA) is 38.7 Å². The van der Waals surface area contributed by atoms with Crippen molar-refractivity contribution in [3.63, 3.8) is 0 Å². The first-order valence-electron chi connectivity index (χ1n) is 8.78. The molecular formula is C20H23Cl2NO2. The average molecular weight is 380 g/mol. The summed E-state index contributed by atoms with van der Waals surface area (Å²) in [4.78, 5) is 19.3. The van der Waals surface area contributed by atoms with Gasteiger partial charge in [-0.05, 0) is 56.2 Å². The Morgan fingerprint density at radius 1 is 1.04 bits per heavy atom. The van der Waals surface area contributed by atoms with E-state index in [1.807, 2.05) is 27.7 Å². The minimum absolute atomic E-state index is 0.0278. The molecule has 5 heteroatoms. The molecule has 4 aliphatic rings. The summed E-state index contributed by atoms with van der Waals surface area (Å²) in [5.41, 5.74) is 3.67. The second-order valence-electron chi connectivity index (χ2n) is 8.63. The minimum Gasteiger partial charge on any atom is -0.388 e. The molecule has 134 valence electrons. The Kier molecular flexibility index (Phi) is 3.48. The van der Waals surface area contributed by atoms with Crippen molar-refractivity contribution in [2.24, 2.45) is 28.3 Å². The van der Waals surface area contributed by atoms with E-state index in [1.165, 1.54) is 0 Å². The fraction of sp³-hybridized carbons (Fsp3) is 0.600. The molecule has 3 aliphatic carbocycles. The molecule has 5 rings (SSSR count). The van der Waals surface area contributed by atoms with E-state index < -0.39 is 5.60 Å². The quantitative estimate of drug-likeness (QED) is 0.666. The lowest BCUT2D eigenvalue weighted by molar-refractivity contribution is -0.213. The third kappa shape index (κ3) is 1.89. The third-order valence-corrected chi connectivity index (χ3v) is 8.23. The molecule has 0 N–H and O–H groups in total. The summed E-state index contributed by atoms with van der Waals surface area (Å²) in [6, 6.07) is 0. The predicted molar refractivity (Wildman–Crippen MR) is 101 cm³/mol. The number of carbonyl (C=O) groups excluding carboxylic acids is 1. The predicted octanol–water partition coefficient (Wildman–Crippen LogP) is 5.27. The lowest BCUT2D eigenvalue weighted by Crippen LogP contribution is -2.69. The summed E-state index contributed by atoms with van der Waals surface area (Å²) in [7, 11) is 0. The van der Waals surface area contributed by atoms with Gasteiger partial charge in [0.05, 0.1) is 0 Å². The van der Waals surface area contributed by atoms with Gasteiger partial charge in [-0.1, -0.05) is 42.2 Å². The monoisotopic (exact) mass is 379 g/mol. The highest BCUT2D eigenvalue weighted by Gasteiger charge is 2.72. The van der Waals surface area contributed by atoms with Crippen LogP contribution in [0.5, 0.6) is 0 Å². The van der Waals surface area contributed by atoms with Crippen LogP contribution in [0.4, 0.5) is 0 Å². The van der Waals surface area contributed by atoms with E-state index in [-0.39, 0.29) is 23.0 Å². The van der Waals surface area contributed by atoms with E-state index >= 15 is 0 Å². The maximum absolute atomic E-state index is 13.3. The van der Waals surface area contributed by atoms with E-state index in [2.05, 4.69) is 19.0 Å². The number of hydrogen-bond donors (Lipinski definition) is 0. The van der Waals surface area contributed by atoms with Gasteiger partial charge in [0.15, 0.2) is 5.60 Å². The minimum atomic E-state index is -0.576. The number of benzene rings is 1. The first kappa shape index (κ1) is 17.4. The summed E-state index contributed by atoms with van der Waals surface area (Å²) >= 11 is 13.0. The number of halogens is 2. The van der Waals surface area contributed by atoms with Crippen LogP contribution in [-0.4, -0.2) is 17.1 Å². The van der Waals surface area contributed by atoms with Gasteiger partial charge in [0.2, 0.25) is 0 Å². The van der Waals surface area contributed by atoms with Crippen LogP contribution >= 0.6 is 23.2 Å². The fourth-order valence-corrected chi connectivity index (χ4v) is 5.95. The Balaban J connectivity index is 1.88. The molecule has 0 radical (unpaired) electrons. The molecule has 0 unspecified atom stereocenters. The number of ketones is 1. The Hall–Kier alpha value is -1.06. The normalized spacial score (nSPS) is 35.0. The van der Waals surface area contributed by atoms with Crippen molar-refractivity contribution < 1.29 is 9.63 Å². The Morgan fingerprint density at radius 3 is 2.12 bits per heavy atom. The molecule has 0 aromatic heterocycles. The molecule has 3 saturated carbocycles. The number of hydrogen-bond acceptors (Lipinski definition) is 3. The third-order valence-electron chi connectivity index (χ3n) is 7.10. The zero-order valence-corrected chi connectivity index (χ0v) is 17.0. The zero-order valence-electron chi connectivity index (χ0n) is 15.5. The van der Waals surface area contributed by atoms with Gasteiger partial charge >= 0.3 is 0 Å². The van der Waals surface area contributed by atoms with Crippen LogP contribution in [0.3, 0.4) is 0 Å². The number of Topliss-reactive ketones (excluding diaryl/α,β-unsaturated/α-hetero) is 1. The van der Waals surface area contributed by atoms with Crippen LogP contribution in [0.25, 0.3) is 0 Å². The van der Waals surface area contributed by atoms with Crippen molar-refractivity contribution in [3.8, 4) is 0 Å². The molecule has 1 aromatic carbocycles. The second-order valence-corrected chi connectivity index (χ2v) is 9.38. The Morgan fingerprint density at radius 2 is 1.60 bits per heavy atom. The van der Waals surface area contributed by atoms with Gasteiger partial charge in [0, 0.05) is 27.4 Å². The summed E-state index contributed by atoms with van der Waals surface area (Å²) < 4.78 is 0. The maximum Gasteiger partial charge on any atom is 0.153 e. The molecule has 1 aromatic rings. The van der Waals surface area contributed by atoms with Gasteiger partial charge in [0.25, 0.3) is 0 Å². The lowest BCUT2D eigenvalue weighted by Gasteiger charge is -2.62. The summed E-state index contributed by atoms with van der Waals surface area (Å²) in [5.74, 6) is 0.319. The average Bonchev–Trinajstić information content (AvgIpc) is 2.89. The van der Waals surface area contributed by atoms with Crippen LogP contribution in [0.15, 0.2) is 5.16 Å². The first-order valence-corrected chi connectivity index (χ1v) is 9.54. The fourth-order valence-electron chi connectivity index (χ4n) is 5.52. The highest BCUT2D eigenvalue weighted by Crippen LogP contribution is 2.65. The number of oxime groups is 1. The molecule has 0 amide bonds. The molecule has 0 saturated heterocycles. The summed E-state index contributed by atoms with van der Waals surface area (Å²) in [5, 5.41) is 5.70. The molecule has 1 aliphatic heterocycles. The van der Waals surface area contributed by atoms with Crippen LogP contribution < -0.4 is 0 Å². The van der Waals surface area contributed by atoms with Crippen molar-refractivity contribution in [1.82, 2.24) is 0 Å². The molecule has 2 bridgehead atoms. The molecule has 3 fully saturated rings. The van der Waals surface area contributed by atoms with E-state index in [1.54, 1.807) is 0 Å². The van der Waals surface area contributed by atoms with Crippen LogP contribution in [0, 0.1) is 43.9 Å². The lowest BCUT2D eigenvalue weighted by atomic mass is 9.41. The Labute approximate surface area is 158 Å². The summed E-state index contributed by atoms with van der Waals surface area (Å²) in [6.07, 6.45) is 0.898. The molecule has 3 nitrogen and oxygen atoms in total. The summed E-state index contributed by atoms with van der Waals surface area (Å²) in [6.45, 7) is 12.2. The van der Waals surface area contributed by atoms with Gasteiger partial charge in [0.1, 0.15) is 17.4 Å². The zero-order chi connectivity index (χ0) is 18.5. The van der Waals surface area contributed by atoms with Crippen molar-refractivity contribution in [1.29, 1.82) is 0 Å². The van der Waals surface area contributed by atoms with Crippen molar-refractivity contribution in [3.05, 3.63) is 32.3 Å². The maximum atomic E-state index is 13.3.